The molecule has 29 heavy (non-hydrogen) atoms. The number of rotatable bonds is 5. The Kier molecular flexibility index (Phi) is 5.08. The molecule has 0 saturated carbocycles. The molecule has 2 aromatic carbocycles. The molecule has 1 amide bonds. The van der Waals surface area contributed by atoms with E-state index in [1.54, 1.807) is 29.2 Å². The number of aromatic nitrogens is 3. The number of carbonyl (C=O) groups is 1. The molecular formula is C23H21FN4O. The highest BCUT2D eigenvalue weighted by Crippen LogP contribution is 2.23. The van der Waals surface area contributed by atoms with Crippen molar-refractivity contribution >= 4 is 16.8 Å². The lowest BCUT2D eigenvalue weighted by atomic mass is 10.0. The van der Waals surface area contributed by atoms with Crippen LogP contribution >= 0.6 is 0 Å². The molecule has 0 aliphatic carbocycles. The fourth-order valence-electron chi connectivity index (χ4n) is 3.46. The summed E-state index contributed by atoms with van der Waals surface area (Å²) in [6.07, 6.45) is 3.31. The van der Waals surface area contributed by atoms with Gasteiger partial charge in [-0.1, -0.05) is 38.1 Å². The van der Waals surface area contributed by atoms with Crippen molar-refractivity contribution in [2.75, 3.05) is 0 Å². The van der Waals surface area contributed by atoms with Gasteiger partial charge in [-0.2, -0.15) is 5.10 Å². The van der Waals surface area contributed by atoms with Crippen LogP contribution in [0.25, 0.3) is 16.6 Å². The van der Waals surface area contributed by atoms with Crippen LogP contribution in [0.1, 0.15) is 41.4 Å². The second kappa shape index (κ2) is 7.83. The van der Waals surface area contributed by atoms with Crippen molar-refractivity contribution in [3.63, 3.8) is 0 Å². The summed E-state index contributed by atoms with van der Waals surface area (Å²) in [4.78, 5) is 17.4. The zero-order chi connectivity index (χ0) is 20.4. The van der Waals surface area contributed by atoms with Crippen molar-refractivity contribution in [2.45, 2.75) is 26.3 Å². The van der Waals surface area contributed by atoms with Gasteiger partial charge < -0.3 is 5.32 Å². The first-order valence-electron chi connectivity index (χ1n) is 9.49. The van der Waals surface area contributed by atoms with E-state index in [-0.39, 0.29) is 17.6 Å². The Labute approximate surface area is 168 Å². The van der Waals surface area contributed by atoms with Crippen LogP contribution in [0.2, 0.25) is 0 Å². The normalized spacial score (nSPS) is 11.2. The van der Waals surface area contributed by atoms with E-state index < -0.39 is 0 Å². The average molecular weight is 388 g/mol. The molecule has 0 bridgehead atoms. The van der Waals surface area contributed by atoms with E-state index in [1.165, 1.54) is 12.1 Å². The van der Waals surface area contributed by atoms with E-state index in [2.05, 4.69) is 15.4 Å². The largest absolute Gasteiger partial charge is 0.348 e. The van der Waals surface area contributed by atoms with Gasteiger partial charge in [-0.05, 0) is 41.8 Å². The van der Waals surface area contributed by atoms with Gasteiger partial charge in [0, 0.05) is 18.1 Å². The van der Waals surface area contributed by atoms with E-state index in [0.29, 0.717) is 17.8 Å². The third kappa shape index (κ3) is 3.74. The maximum Gasteiger partial charge on any atom is 0.255 e. The first kappa shape index (κ1) is 18.8. The van der Waals surface area contributed by atoms with Crippen LogP contribution in [0.15, 0.2) is 67.0 Å². The van der Waals surface area contributed by atoms with Crippen molar-refractivity contribution in [3.05, 3.63) is 89.6 Å². The molecule has 0 unspecified atom stereocenters. The minimum atomic E-state index is -0.311. The summed E-state index contributed by atoms with van der Waals surface area (Å²) < 4.78 is 15.0. The molecule has 4 aromatic rings. The van der Waals surface area contributed by atoms with Crippen LogP contribution in [0.3, 0.4) is 0 Å². The van der Waals surface area contributed by atoms with Gasteiger partial charge in [-0.15, -0.1) is 0 Å². The molecule has 146 valence electrons. The molecule has 4 rings (SSSR count). The summed E-state index contributed by atoms with van der Waals surface area (Å²) in [5.74, 6) is -0.453. The maximum atomic E-state index is 13.3. The molecule has 2 aromatic heterocycles. The van der Waals surface area contributed by atoms with Gasteiger partial charge in [-0.3, -0.25) is 9.78 Å². The topological polar surface area (TPSA) is 59.8 Å². The summed E-state index contributed by atoms with van der Waals surface area (Å²) in [5.41, 5.74) is 3.84. The number of nitrogens with one attached hydrogen (secondary N) is 1. The zero-order valence-electron chi connectivity index (χ0n) is 16.3. The number of nitrogens with zero attached hydrogens (tertiary/aromatic N) is 3. The van der Waals surface area contributed by atoms with E-state index in [4.69, 9.17) is 0 Å². The predicted molar refractivity (Wildman–Crippen MR) is 111 cm³/mol. The first-order valence-corrected chi connectivity index (χ1v) is 9.49. The lowest BCUT2D eigenvalue weighted by molar-refractivity contribution is 0.0949. The van der Waals surface area contributed by atoms with E-state index in [0.717, 1.165) is 22.2 Å². The van der Waals surface area contributed by atoms with Crippen LogP contribution in [0, 0.1) is 5.82 Å². The minimum Gasteiger partial charge on any atom is -0.348 e. The molecule has 0 saturated heterocycles. The molecule has 2 heterocycles. The fraction of sp³-hybridized carbons (Fsp3) is 0.174. The molecule has 5 nitrogen and oxygen atoms in total. The number of para-hydroxylation sites is 1. The van der Waals surface area contributed by atoms with Crippen LogP contribution in [0.4, 0.5) is 4.39 Å². The number of hydrogen-bond acceptors (Lipinski definition) is 3. The maximum absolute atomic E-state index is 13.3. The number of benzene rings is 2. The van der Waals surface area contributed by atoms with Gasteiger partial charge in [0.25, 0.3) is 5.91 Å². The summed E-state index contributed by atoms with van der Waals surface area (Å²) in [6, 6.07) is 15.9. The standard InChI is InChI=1S/C23H21FN4O/c1-15(2)22-20(14-27-28(22)19-10-8-18(24)9-11-19)23(29)26-13-17-6-3-5-16-7-4-12-25-21(16)17/h3-12,14-15H,13H2,1-2H3,(H,26,29). The SMILES string of the molecule is CC(C)c1c(C(=O)NCc2cccc3cccnc23)cnn1-c1ccc(F)cc1. The predicted octanol–water partition coefficient (Wildman–Crippen LogP) is 4.61. The van der Waals surface area contributed by atoms with Crippen LogP contribution in [-0.2, 0) is 6.54 Å². The molecule has 6 heteroatoms. The summed E-state index contributed by atoms with van der Waals surface area (Å²) in [7, 11) is 0. The zero-order valence-corrected chi connectivity index (χ0v) is 16.3. The molecule has 0 fully saturated rings. The molecule has 0 aliphatic heterocycles. The first-order chi connectivity index (χ1) is 14.0. The Morgan fingerprint density at radius 3 is 2.62 bits per heavy atom. The average Bonchev–Trinajstić information content (AvgIpc) is 3.18. The Hall–Kier alpha value is -3.54. The van der Waals surface area contributed by atoms with Crippen molar-refractivity contribution in [2.24, 2.45) is 0 Å². The van der Waals surface area contributed by atoms with E-state index in [1.807, 2.05) is 44.2 Å². The van der Waals surface area contributed by atoms with E-state index in [9.17, 15) is 9.18 Å². The van der Waals surface area contributed by atoms with E-state index >= 15 is 0 Å². The molecule has 1 N–H and O–H groups in total. The lowest BCUT2D eigenvalue weighted by Crippen LogP contribution is -2.24. The van der Waals surface area contributed by atoms with Crippen molar-refractivity contribution in [1.82, 2.24) is 20.1 Å². The van der Waals surface area contributed by atoms with Gasteiger partial charge in [-0.25, -0.2) is 9.07 Å². The Morgan fingerprint density at radius 1 is 1.10 bits per heavy atom. The highest BCUT2D eigenvalue weighted by atomic mass is 19.1. The number of fused-ring (bicyclic) bond motifs is 1. The monoisotopic (exact) mass is 388 g/mol. The van der Waals surface area contributed by atoms with Crippen molar-refractivity contribution < 1.29 is 9.18 Å². The number of hydrogen-bond donors (Lipinski definition) is 1. The second-order valence-electron chi connectivity index (χ2n) is 7.16. The Bertz CT molecular complexity index is 1160. The third-order valence-electron chi connectivity index (χ3n) is 4.82. The lowest BCUT2D eigenvalue weighted by Gasteiger charge is -2.13. The minimum absolute atomic E-state index is 0.0579. The molecule has 0 aliphatic rings. The van der Waals surface area contributed by atoms with Gasteiger partial charge in [0.2, 0.25) is 0 Å². The second-order valence-corrected chi connectivity index (χ2v) is 7.16. The molecule has 0 radical (unpaired) electrons. The number of halogens is 1. The summed E-state index contributed by atoms with van der Waals surface area (Å²) in [5, 5.41) is 8.40. The van der Waals surface area contributed by atoms with Gasteiger partial charge in [0.1, 0.15) is 5.82 Å². The number of carbonyl (C=O) groups excluding carboxylic acids is 1. The van der Waals surface area contributed by atoms with Gasteiger partial charge in [0.15, 0.2) is 0 Å². The van der Waals surface area contributed by atoms with Crippen molar-refractivity contribution in [1.29, 1.82) is 0 Å². The van der Waals surface area contributed by atoms with Crippen molar-refractivity contribution in [3.8, 4) is 5.69 Å². The number of amides is 1. The highest BCUT2D eigenvalue weighted by molar-refractivity contribution is 5.95. The smallest absolute Gasteiger partial charge is 0.255 e. The van der Waals surface area contributed by atoms with Gasteiger partial charge >= 0.3 is 0 Å². The Balaban J connectivity index is 1.61. The third-order valence-corrected chi connectivity index (χ3v) is 4.82. The Morgan fingerprint density at radius 2 is 1.86 bits per heavy atom. The van der Waals surface area contributed by atoms with Crippen LogP contribution in [0.5, 0.6) is 0 Å². The molecule has 0 spiro atoms. The fourth-order valence-corrected chi connectivity index (χ4v) is 3.46. The highest BCUT2D eigenvalue weighted by Gasteiger charge is 2.21. The molecule has 0 atom stereocenters. The van der Waals surface area contributed by atoms with Crippen LogP contribution < -0.4 is 5.32 Å². The molecular weight excluding hydrogens is 367 g/mol. The quantitative estimate of drug-likeness (QED) is 0.543. The summed E-state index contributed by atoms with van der Waals surface area (Å²) >= 11 is 0. The summed E-state index contributed by atoms with van der Waals surface area (Å²) in [6.45, 7) is 4.37. The van der Waals surface area contributed by atoms with Gasteiger partial charge in [0.05, 0.1) is 28.7 Å². The number of pyridine rings is 1. The van der Waals surface area contributed by atoms with Crippen LogP contribution in [-0.4, -0.2) is 20.7 Å².